The van der Waals surface area contributed by atoms with Gasteiger partial charge in [-0.05, 0) is 19.1 Å². The van der Waals surface area contributed by atoms with Crippen molar-refractivity contribution in [2.75, 3.05) is 26.2 Å². The van der Waals surface area contributed by atoms with Gasteiger partial charge in [0.15, 0.2) is 0 Å². The monoisotopic (exact) mass is 286 g/mol. The van der Waals surface area contributed by atoms with Crippen LogP contribution in [-0.4, -0.2) is 55.7 Å². The van der Waals surface area contributed by atoms with Crippen LogP contribution < -0.4 is 0 Å². The molecule has 0 spiro atoms. The molecule has 0 N–H and O–H groups in total. The van der Waals surface area contributed by atoms with Gasteiger partial charge in [0.2, 0.25) is 0 Å². The molecule has 21 heavy (non-hydrogen) atoms. The summed E-state index contributed by atoms with van der Waals surface area (Å²) in [5.41, 5.74) is 1.15. The van der Waals surface area contributed by atoms with Crippen LogP contribution in [0.4, 0.5) is 0 Å². The third kappa shape index (κ3) is 3.28. The molecule has 3 rings (SSSR count). The lowest BCUT2D eigenvalue weighted by molar-refractivity contribution is 0.0940. The van der Waals surface area contributed by atoms with E-state index in [4.69, 9.17) is 0 Å². The predicted molar refractivity (Wildman–Crippen MR) is 80.5 cm³/mol. The predicted octanol–water partition coefficient (Wildman–Crippen LogP) is 1.09. The van der Waals surface area contributed by atoms with Crippen LogP contribution in [0.5, 0.6) is 0 Å². The Balaban J connectivity index is 1.54. The number of nitrogens with zero attached hydrogens (tertiary/aromatic N) is 6. The molecule has 0 radical (unpaired) electrons. The second kappa shape index (κ2) is 6.32. The Labute approximate surface area is 125 Å². The fourth-order valence-electron chi connectivity index (χ4n) is 2.78. The van der Waals surface area contributed by atoms with Gasteiger partial charge in [-0.3, -0.25) is 19.5 Å². The van der Waals surface area contributed by atoms with Crippen LogP contribution in [0.1, 0.15) is 24.5 Å². The fraction of sp³-hybridized carbons (Fsp3) is 0.533. The third-order valence-electron chi connectivity index (χ3n) is 4.24. The molecule has 6 nitrogen and oxygen atoms in total. The summed E-state index contributed by atoms with van der Waals surface area (Å²) in [5.74, 6) is 1.03. The van der Waals surface area contributed by atoms with Crippen LogP contribution in [0.2, 0.25) is 0 Å². The molecular formula is C15H22N6. The summed E-state index contributed by atoms with van der Waals surface area (Å²) in [7, 11) is 1.95. The molecule has 0 aromatic carbocycles. The van der Waals surface area contributed by atoms with Gasteiger partial charge in [0.25, 0.3) is 0 Å². The van der Waals surface area contributed by atoms with Crippen molar-refractivity contribution in [3.05, 3.63) is 42.2 Å². The largest absolute Gasteiger partial charge is 0.293 e. The molecule has 1 unspecified atom stereocenters. The number of piperazine rings is 1. The van der Waals surface area contributed by atoms with E-state index < -0.39 is 0 Å². The Bertz CT molecular complexity index is 559. The van der Waals surface area contributed by atoms with E-state index in [1.54, 1.807) is 6.33 Å². The number of hydrogen-bond acceptors (Lipinski definition) is 5. The maximum Gasteiger partial charge on any atom is 0.140 e. The molecule has 1 saturated heterocycles. The zero-order valence-corrected chi connectivity index (χ0v) is 12.7. The topological polar surface area (TPSA) is 50.1 Å². The number of pyridine rings is 1. The summed E-state index contributed by atoms with van der Waals surface area (Å²) < 4.78 is 1.85. The molecule has 0 bridgehead atoms. The van der Waals surface area contributed by atoms with Gasteiger partial charge in [0, 0.05) is 45.5 Å². The van der Waals surface area contributed by atoms with Crippen LogP contribution in [0.25, 0.3) is 0 Å². The molecule has 1 aliphatic heterocycles. The maximum absolute atomic E-state index is 4.47. The molecule has 6 heteroatoms. The van der Waals surface area contributed by atoms with E-state index in [9.17, 15) is 0 Å². The van der Waals surface area contributed by atoms with E-state index in [0.29, 0.717) is 6.04 Å². The Kier molecular flexibility index (Phi) is 4.26. The van der Waals surface area contributed by atoms with Crippen molar-refractivity contribution in [2.45, 2.75) is 19.5 Å². The molecule has 0 saturated carbocycles. The molecule has 0 aliphatic carbocycles. The first kappa shape index (κ1) is 14.2. The van der Waals surface area contributed by atoms with Crippen LogP contribution in [0.15, 0.2) is 30.7 Å². The summed E-state index contributed by atoms with van der Waals surface area (Å²) in [4.78, 5) is 13.7. The number of aryl methyl sites for hydroxylation is 1. The zero-order valence-electron chi connectivity index (χ0n) is 12.7. The lowest BCUT2D eigenvalue weighted by atomic mass is 10.1. The minimum absolute atomic E-state index is 0.378. The van der Waals surface area contributed by atoms with Crippen molar-refractivity contribution in [1.82, 2.24) is 29.5 Å². The van der Waals surface area contributed by atoms with Crippen molar-refractivity contribution in [3.63, 3.8) is 0 Å². The van der Waals surface area contributed by atoms with Gasteiger partial charge >= 0.3 is 0 Å². The number of rotatable bonds is 4. The quantitative estimate of drug-likeness (QED) is 0.842. The van der Waals surface area contributed by atoms with Crippen molar-refractivity contribution in [2.24, 2.45) is 7.05 Å². The SMILES string of the molecule is CC(c1ccccn1)N1CCN(Cc2ncnn2C)CC1. The summed E-state index contributed by atoms with van der Waals surface area (Å²) in [5, 5.41) is 4.13. The van der Waals surface area contributed by atoms with Crippen LogP contribution in [0.3, 0.4) is 0 Å². The highest BCUT2D eigenvalue weighted by Gasteiger charge is 2.23. The highest BCUT2D eigenvalue weighted by atomic mass is 15.3. The van der Waals surface area contributed by atoms with Crippen LogP contribution in [0, 0.1) is 0 Å². The average Bonchev–Trinajstić information content (AvgIpc) is 2.93. The highest BCUT2D eigenvalue weighted by molar-refractivity contribution is 5.08. The Hall–Kier alpha value is -1.79. The average molecular weight is 286 g/mol. The lowest BCUT2D eigenvalue weighted by Crippen LogP contribution is -2.47. The Morgan fingerprint density at radius 1 is 1.14 bits per heavy atom. The first-order valence-electron chi connectivity index (χ1n) is 7.44. The molecule has 2 aromatic rings. The second-order valence-electron chi connectivity index (χ2n) is 5.54. The number of hydrogen-bond donors (Lipinski definition) is 0. The summed E-state index contributed by atoms with van der Waals surface area (Å²) in [6.07, 6.45) is 3.49. The standard InChI is InChI=1S/C15H22N6/c1-13(14-5-3-4-6-16-14)21-9-7-20(8-10-21)11-15-17-12-18-19(15)2/h3-6,12-13H,7-11H2,1-2H3. The van der Waals surface area contributed by atoms with Crippen molar-refractivity contribution >= 4 is 0 Å². The van der Waals surface area contributed by atoms with Gasteiger partial charge in [-0.15, -0.1) is 0 Å². The maximum atomic E-state index is 4.47. The molecule has 1 atom stereocenters. The van der Waals surface area contributed by atoms with Crippen molar-refractivity contribution in [3.8, 4) is 0 Å². The normalized spacial score (nSPS) is 18.8. The van der Waals surface area contributed by atoms with Crippen molar-refractivity contribution in [1.29, 1.82) is 0 Å². The van der Waals surface area contributed by atoms with Gasteiger partial charge in [-0.2, -0.15) is 5.10 Å². The summed E-state index contributed by atoms with van der Waals surface area (Å²) >= 11 is 0. The first-order valence-corrected chi connectivity index (χ1v) is 7.44. The van der Waals surface area contributed by atoms with Gasteiger partial charge in [0.05, 0.1) is 12.2 Å². The van der Waals surface area contributed by atoms with Crippen molar-refractivity contribution < 1.29 is 0 Å². The third-order valence-corrected chi connectivity index (χ3v) is 4.24. The fourth-order valence-corrected chi connectivity index (χ4v) is 2.78. The van der Waals surface area contributed by atoms with Gasteiger partial charge in [-0.1, -0.05) is 6.07 Å². The minimum Gasteiger partial charge on any atom is -0.293 e. The molecule has 2 aromatic heterocycles. The van der Waals surface area contributed by atoms with E-state index in [1.807, 2.05) is 24.0 Å². The van der Waals surface area contributed by atoms with E-state index in [0.717, 1.165) is 44.2 Å². The lowest BCUT2D eigenvalue weighted by Gasteiger charge is -2.37. The van der Waals surface area contributed by atoms with Gasteiger partial charge in [0.1, 0.15) is 12.2 Å². The van der Waals surface area contributed by atoms with E-state index >= 15 is 0 Å². The molecule has 3 heterocycles. The molecule has 112 valence electrons. The molecule has 0 amide bonds. The van der Waals surface area contributed by atoms with Crippen LogP contribution in [-0.2, 0) is 13.6 Å². The Morgan fingerprint density at radius 2 is 1.95 bits per heavy atom. The van der Waals surface area contributed by atoms with Gasteiger partial charge < -0.3 is 0 Å². The van der Waals surface area contributed by atoms with Gasteiger partial charge in [-0.25, -0.2) is 4.98 Å². The van der Waals surface area contributed by atoms with E-state index in [-0.39, 0.29) is 0 Å². The van der Waals surface area contributed by atoms with E-state index in [2.05, 4.69) is 43.9 Å². The molecular weight excluding hydrogens is 264 g/mol. The molecule has 1 aliphatic rings. The smallest absolute Gasteiger partial charge is 0.140 e. The van der Waals surface area contributed by atoms with E-state index in [1.165, 1.54) is 0 Å². The Morgan fingerprint density at radius 3 is 2.57 bits per heavy atom. The zero-order chi connectivity index (χ0) is 14.7. The van der Waals surface area contributed by atoms with Crippen LogP contribution >= 0.6 is 0 Å². The first-order chi connectivity index (χ1) is 10.2. The number of aromatic nitrogens is 4. The minimum atomic E-state index is 0.378. The second-order valence-corrected chi connectivity index (χ2v) is 5.54. The summed E-state index contributed by atoms with van der Waals surface area (Å²) in [6.45, 7) is 7.36. The summed E-state index contributed by atoms with van der Waals surface area (Å²) in [6, 6.07) is 6.51. The highest BCUT2D eigenvalue weighted by Crippen LogP contribution is 2.19. The molecule has 1 fully saturated rings.